The van der Waals surface area contributed by atoms with Gasteiger partial charge in [-0.2, -0.15) is 0 Å². The zero-order valence-electron chi connectivity index (χ0n) is 16.1. The van der Waals surface area contributed by atoms with E-state index in [9.17, 15) is 4.79 Å². The van der Waals surface area contributed by atoms with Gasteiger partial charge >= 0.3 is 0 Å². The molecular weight excluding hydrogens is 336 g/mol. The monoisotopic (exact) mass is 360 g/mol. The highest BCUT2D eigenvalue weighted by Crippen LogP contribution is 2.26. The average Bonchev–Trinajstić information content (AvgIpc) is 2.62. The van der Waals surface area contributed by atoms with Gasteiger partial charge in [-0.1, -0.05) is 32.0 Å². The molecule has 138 valence electrons. The van der Waals surface area contributed by atoms with Crippen LogP contribution in [0, 0.1) is 13.8 Å². The number of carbonyl (C=O) groups is 1. The summed E-state index contributed by atoms with van der Waals surface area (Å²) in [7, 11) is 0. The Labute approximate surface area is 160 Å². The fourth-order valence-corrected chi connectivity index (χ4v) is 2.82. The second-order valence-electron chi connectivity index (χ2n) is 6.89. The van der Waals surface area contributed by atoms with Crippen molar-refractivity contribution in [2.45, 2.75) is 33.6 Å². The van der Waals surface area contributed by atoms with E-state index in [-0.39, 0.29) is 5.91 Å². The molecule has 0 aliphatic carbocycles. The summed E-state index contributed by atoms with van der Waals surface area (Å²) in [4.78, 5) is 16.9. The van der Waals surface area contributed by atoms with E-state index in [1.165, 1.54) is 5.56 Å². The first kappa shape index (κ1) is 18.6. The number of nitrogens with zero attached hydrogens (tertiary/aromatic N) is 1. The summed E-state index contributed by atoms with van der Waals surface area (Å²) >= 11 is 0. The summed E-state index contributed by atoms with van der Waals surface area (Å²) in [5.41, 5.74) is 4.12. The van der Waals surface area contributed by atoms with Gasteiger partial charge in [-0.25, -0.2) is 0 Å². The van der Waals surface area contributed by atoms with Gasteiger partial charge in [0.1, 0.15) is 11.5 Å². The van der Waals surface area contributed by atoms with E-state index in [1.54, 1.807) is 6.07 Å². The molecule has 1 N–H and O–H groups in total. The minimum atomic E-state index is -0.182. The molecule has 0 unspecified atom stereocenters. The minimum Gasteiger partial charge on any atom is -0.457 e. The molecule has 4 nitrogen and oxygen atoms in total. The van der Waals surface area contributed by atoms with Crippen molar-refractivity contribution in [2.75, 3.05) is 5.32 Å². The van der Waals surface area contributed by atoms with Crippen LogP contribution in [0.2, 0.25) is 0 Å². The largest absolute Gasteiger partial charge is 0.457 e. The number of aromatic nitrogens is 1. The van der Waals surface area contributed by atoms with Gasteiger partial charge in [0.2, 0.25) is 0 Å². The van der Waals surface area contributed by atoms with E-state index >= 15 is 0 Å². The smallest absolute Gasteiger partial charge is 0.257 e. The number of hydrogen-bond acceptors (Lipinski definition) is 3. The summed E-state index contributed by atoms with van der Waals surface area (Å²) in [5, 5.41) is 2.91. The summed E-state index contributed by atoms with van der Waals surface area (Å²) < 4.78 is 5.92. The molecule has 1 amide bonds. The molecule has 0 saturated heterocycles. The van der Waals surface area contributed by atoms with E-state index in [0.717, 1.165) is 11.4 Å². The lowest BCUT2D eigenvalue weighted by atomic mass is 10.0. The Hall–Kier alpha value is -3.14. The number of benzene rings is 2. The molecule has 0 aliphatic rings. The van der Waals surface area contributed by atoms with E-state index in [4.69, 9.17) is 4.74 Å². The highest BCUT2D eigenvalue weighted by atomic mass is 16.5. The van der Waals surface area contributed by atoms with Crippen LogP contribution in [0.25, 0.3) is 0 Å². The van der Waals surface area contributed by atoms with Gasteiger partial charge in [-0.05, 0) is 61.7 Å². The summed E-state index contributed by atoms with van der Waals surface area (Å²) in [6, 6.07) is 19.1. The Morgan fingerprint density at radius 3 is 2.37 bits per heavy atom. The molecule has 4 heteroatoms. The molecule has 0 spiro atoms. The number of ether oxygens (including phenoxy) is 1. The maximum absolute atomic E-state index is 12.5. The van der Waals surface area contributed by atoms with Gasteiger partial charge in [0.25, 0.3) is 5.91 Å². The molecular formula is C23H24N2O2. The molecule has 0 atom stereocenters. The maximum Gasteiger partial charge on any atom is 0.257 e. The third-order valence-corrected chi connectivity index (χ3v) is 4.34. The van der Waals surface area contributed by atoms with Gasteiger partial charge in [0.05, 0.1) is 11.3 Å². The molecule has 1 aromatic heterocycles. The van der Waals surface area contributed by atoms with Crippen LogP contribution in [-0.4, -0.2) is 10.9 Å². The van der Waals surface area contributed by atoms with Crippen LogP contribution < -0.4 is 10.1 Å². The predicted molar refractivity (Wildman–Crippen MR) is 109 cm³/mol. The van der Waals surface area contributed by atoms with E-state index in [2.05, 4.69) is 36.3 Å². The first-order valence-electron chi connectivity index (χ1n) is 9.06. The average molecular weight is 360 g/mol. The van der Waals surface area contributed by atoms with E-state index < -0.39 is 0 Å². The zero-order valence-corrected chi connectivity index (χ0v) is 16.1. The van der Waals surface area contributed by atoms with Crippen LogP contribution >= 0.6 is 0 Å². The first-order chi connectivity index (χ1) is 12.9. The number of hydrogen-bond donors (Lipinski definition) is 1. The van der Waals surface area contributed by atoms with Crippen LogP contribution in [-0.2, 0) is 0 Å². The van der Waals surface area contributed by atoms with E-state index in [1.807, 2.05) is 56.3 Å². The first-order valence-corrected chi connectivity index (χ1v) is 9.06. The highest BCUT2D eigenvalue weighted by Gasteiger charge is 2.11. The summed E-state index contributed by atoms with van der Waals surface area (Å²) in [6.07, 6.45) is 0. The topological polar surface area (TPSA) is 51.2 Å². The second-order valence-corrected chi connectivity index (χ2v) is 6.89. The molecule has 3 aromatic rings. The fourth-order valence-electron chi connectivity index (χ4n) is 2.82. The van der Waals surface area contributed by atoms with Crippen molar-refractivity contribution in [3.8, 4) is 11.5 Å². The van der Waals surface area contributed by atoms with Crippen molar-refractivity contribution in [1.82, 2.24) is 4.98 Å². The molecule has 2 aromatic carbocycles. The van der Waals surface area contributed by atoms with Crippen LogP contribution in [0.4, 0.5) is 5.69 Å². The van der Waals surface area contributed by atoms with Gasteiger partial charge in [-0.15, -0.1) is 0 Å². The van der Waals surface area contributed by atoms with Crippen molar-refractivity contribution in [3.05, 3.63) is 83.2 Å². The maximum atomic E-state index is 12.5. The number of carbonyl (C=O) groups excluding carboxylic acids is 1. The zero-order chi connectivity index (χ0) is 19.4. The van der Waals surface area contributed by atoms with Gasteiger partial charge in [0, 0.05) is 17.4 Å². The van der Waals surface area contributed by atoms with Gasteiger partial charge in [-0.3, -0.25) is 9.78 Å². The minimum absolute atomic E-state index is 0.182. The lowest BCUT2D eigenvalue weighted by Crippen LogP contribution is -2.14. The van der Waals surface area contributed by atoms with Crippen LogP contribution in [0.15, 0.2) is 60.7 Å². The molecule has 1 heterocycles. The van der Waals surface area contributed by atoms with Crippen molar-refractivity contribution in [1.29, 1.82) is 0 Å². The number of pyridine rings is 1. The summed E-state index contributed by atoms with van der Waals surface area (Å²) in [5.74, 6) is 1.74. The summed E-state index contributed by atoms with van der Waals surface area (Å²) in [6.45, 7) is 8.06. The van der Waals surface area contributed by atoms with Crippen molar-refractivity contribution >= 4 is 11.6 Å². The SMILES string of the molecule is Cc1ccc(C(=O)Nc2cccc(Oc3ccc(C(C)C)cc3)c2)c(C)n1. The third-order valence-electron chi connectivity index (χ3n) is 4.34. The van der Waals surface area contributed by atoms with Crippen molar-refractivity contribution in [2.24, 2.45) is 0 Å². The van der Waals surface area contributed by atoms with E-state index in [0.29, 0.717) is 28.6 Å². The second kappa shape index (κ2) is 8.04. The number of amides is 1. The Kier molecular flexibility index (Phi) is 5.55. The number of nitrogens with one attached hydrogen (secondary N) is 1. The quantitative estimate of drug-likeness (QED) is 0.619. The van der Waals surface area contributed by atoms with Crippen LogP contribution in [0.5, 0.6) is 11.5 Å². The van der Waals surface area contributed by atoms with Gasteiger partial charge in [0.15, 0.2) is 0 Å². The molecule has 0 radical (unpaired) electrons. The highest BCUT2D eigenvalue weighted by molar-refractivity contribution is 6.05. The Balaban J connectivity index is 1.72. The molecule has 0 saturated carbocycles. The van der Waals surface area contributed by atoms with Crippen molar-refractivity contribution < 1.29 is 9.53 Å². The van der Waals surface area contributed by atoms with Crippen LogP contribution in [0.1, 0.15) is 47.1 Å². The lowest BCUT2D eigenvalue weighted by Gasteiger charge is -2.11. The van der Waals surface area contributed by atoms with Crippen LogP contribution in [0.3, 0.4) is 0 Å². The third kappa shape index (κ3) is 4.73. The Morgan fingerprint density at radius 1 is 0.963 bits per heavy atom. The molecule has 27 heavy (non-hydrogen) atoms. The normalized spacial score (nSPS) is 10.7. The predicted octanol–water partition coefficient (Wildman–Crippen LogP) is 5.87. The number of rotatable bonds is 5. The number of anilines is 1. The molecule has 3 rings (SSSR count). The molecule has 0 aliphatic heterocycles. The molecule has 0 bridgehead atoms. The lowest BCUT2D eigenvalue weighted by molar-refractivity contribution is 0.102. The van der Waals surface area contributed by atoms with Crippen molar-refractivity contribution in [3.63, 3.8) is 0 Å². The molecule has 0 fully saturated rings. The fraction of sp³-hybridized carbons (Fsp3) is 0.217. The van der Waals surface area contributed by atoms with Gasteiger partial charge < -0.3 is 10.1 Å². The Bertz CT molecular complexity index is 947. The Morgan fingerprint density at radius 2 is 1.70 bits per heavy atom. The standard InChI is InChI=1S/C23H24N2O2/c1-15(2)18-9-11-20(12-10-18)27-21-7-5-6-19(14-21)25-23(26)22-13-8-16(3)24-17(22)4/h5-15H,1-4H3,(H,25,26). The number of aryl methyl sites for hydroxylation is 2.